The van der Waals surface area contributed by atoms with E-state index < -0.39 is 32.5 Å². The van der Waals surface area contributed by atoms with Crippen LogP contribution >= 0.6 is 7.82 Å². The molecule has 9 heteroatoms. The quantitative estimate of drug-likeness (QED) is 0.0292. The third-order valence-corrected chi connectivity index (χ3v) is 8.71. The second-order valence-electron chi connectivity index (χ2n) is 12.9. The summed E-state index contributed by atoms with van der Waals surface area (Å²) in [6, 6.07) is 0. The zero-order valence-corrected chi connectivity index (χ0v) is 31.1. The number of allylic oxidation sites excluding steroid dienone is 4. The molecule has 0 fully saturated rings. The van der Waals surface area contributed by atoms with Crippen LogP contribution in [-0.2, 0) is 28.2 Å². The summed E-state index contributed by atoms with van der Waals surface area (Å²) in [5.41, 5.74) is 0. The fourth-order valence-corrected chi connectivity index (χ4v) is 5.69. The minimum absolute atomic E-state index is 0.213. The van der Waals surface area contributed by atoms with Gasteiger partial charge in [0.2, 0.25) is 0 Å². The molecule has 0 unspecified atom stereocenters. The van der Waals surface area contributed by atoms with Crippen LogP contribution in [0.25, 0.3) is 0 Å². The summed E-state index contributed by atoms with van der Waals surface area (Å²) < 4.78 is 26.3. The number of ether oxygens (including phenoxy) is 2. The van der Waals surface area contributed by atoms with Crippen LogP contribution in [0.1, 0.15) is 187 Å². The molecular weight excluding hydrogens is 615 g/mol. The monoisotopic (exact) mass is 686 g/mol. The Morgan fingerprint density at radius 3 is 1.47 bits per heavy atom. The standard InChI is InChI=1S/C38H71O8P/c1-3-5-7-9-11-13-15-17-19-21-23-25-27-29-31-33-38(40)46-36(35-45-47(41,42)43)34-44-37(39)32-30-28-26-24-22-20-18-16-14-12-10-8-6-4-2/h10,12,16,18,36H,3-9,11,13-15,17,19-35H2,1-2H3,(H2,41,42,43)/b12-10-,18-16-/t36-/m1/s1. The Kier molecular flexibility index (Phi) is 33.3. The Hall–Kier alpha value is -1.47. The molecule has 0 aliphatic heterocycles. The van der Waals surface area contributed by atoms with E-state index in [0.717, 1.165) is 64.2 Å². The summed E-state index contributed by atoms with van der Waals surface area (Å²) in [6.07, 6.45) is 37.5. The van der Waals surface area contributed by atoms with Crippen molar-refractivity contribution in [1.82, 2.24) is 0 Å². The first-order chi connectivity index (χ1) is 22.8. The lowest BCUT2D eigenvalue weighted by Crippen LogP contribution is -2.29. The van der Waals surface area contributed by atoms with Crippen molar-refractivity contribution >= 4 is 19.8 Å². The maximum atomic E-state index is 12.4. The molecule has 0 radical (unpaired) electrons. The van der Waals surface area contributed by atoms with E-state index in [2.05, 4.69) is 42.7 Å². The highest BCUT2D eigenvalue weighted by Gasteiger charge is 2.22. The minimum atomic E-state index is -4.75. The van der Waals surface area contributed by atoms with E-state index in [0.29, 0.717) is 12.8 Å². The molecule has 0 bridgehead atoms. The molecule has 0 aliphatic carbocycles. The fraction of sp³-hybridized carbons (Fsp3) is 0.842. The van der Waals surface area contributed by atoms with Gasteiger partial charge in [-0.25, -0.2) is 4.57 Å². The molecule has 1 atom stereocenters. The third-order valence-electron chi connectivity index (χ3n) is 8.22. The predicted octanol–water partition coefficient (Wildman–Crippen LogP) is 11.2. The molecule has 0 saturated carbocycles. The maximum absolute atomic E-state index is 12.4. The molecule has 8 nitrogen and oxygen atoms in total. The van der Waals surface area contributed by atoms with Gasteiger partial charge in [0.1, 0.15) is 6.61 Å². The predicted molar refractivity (Wildman–Crippen MR) is 193 cm³/mol. The Morgan fingerprint density at radius 1 is 0.553 bits per heavy atom. The summed E-state index contributed by atoms with van der Waals surface area (Å²) in [5.74, 6) is -0.895. The SMILES string of the molecule is CCCC/C=C\C/C=C\CCCCCCCC(=O)OC[C@H](COP(=O)(O)O)OC(=O)CCCCCCCCCCCCCCCCC. The fourth-order valence-electron chi connectivity index (χ4n) is 5.33. The Bertz CT molecular complexity index is 823. The van der Waals surface area contributed by atoms with Crippen LogP contribution in [0.3, 0.4) is 0 Å². The second-order valence-corrected chi connectivity index (χ2v) is 14.1. The lowest BCUT2D eigenvalue weighted by molar-refractivity contribution is -0.161. The van der Waals surface area contributed by atoms with Crippen LogP contribution in [0.5, 0.6) is 0 Å². The van der Waals surface area contributed by atoms with Crippen molar-refractivity contribution in [2.45, 2.75) is 193 Å². The number of unbranched alkanes of at least 4 members (excludes halogenated alkanes) is 21. The molecule has 0 aromatic heterocycles. The van der Waals surface area contributed by atoms with Gasteiger partial charge in [0.15, 0.2) is 6.10 Å². The van der Waals surface area contributed by atoms with E-state index in [9.17, 15) is 14.2 Å². The molecule has 0 spiro atoms. The van der Waals surface area contributed by atoms with Crippen LogP contribution in [-0.4, -0.2) is 41.0 Å². The van der Waals surface area contributed by atoms with E-state index in [1.165, 1.54) is 83.5 Å². The summed E-state index contributed by atoms with van der Waals surface area (Å²) in [6.45, 7) is 3.63. The first-order valence-corrected chi connectivity index (χ1v) is 20.7. The molecule has 0 heterocycles. The zero-order chi connectivity index (χ0) is 34.7. The average Bonchev–Trinajstić information content (AvgIpc) is 3.03. The second kappa shape index (κ2) is 34.4. The Balaban J connectivity index is 3.96. The van der Waals surface area contributed by atoms with Gasteiger partial charge in [-0.1, -0.05) is 160 Å². The van der Waals surface area contributed by atoms with Crippen molar-refractivity contribution in [3.63, 3.8) is 0 Å². The summed E-state index contributed by atoms with van der Waals surface area (Å²) in [7, 11) is -4.75. The number of rotatable bonds is 35. The largest absolute Gasteiger partial charge is 0.469 e. The van der Waals surface area contributed by atoms with Crippen LogP contribution in [0, 0.1) is 0 Å². The molecule has 0 saturated heterocycles. The van der Waals surface area contributed by atoms with Crippen molar-refractivity contribution in [3.8, 4) is 0 Å². The van der Waals surface area contributed by atoms with Crippen molar-refractivity contribution in [2.75, 3.05) is 13.2 Å². The van der Waals surface area contributed by atoms with Gasteiger partial charge in [-0.3, -0.25) is 14.1 Å². The topological polar surface area (TPSA) is 119 Å². The molecule has 2 N–H and O–H groups in total. The van der Waals surface area contributed by atoms with E-state index >= 15 is 0 Å². The van der Waals surface area contributed by atoms with Gasteiger partial charge < -0.3 is 19.3 Å². The van der Waals surface area contributed by atoms with Gasteiger partial charge in [0.05, 0.1) is 6.61 Å². The maximum Gasteiger partial charge on any atom is 0.469 e. The highest BCUT2D eigenvalue weighted by Crippen LogP contribution is 2.36. The molecule has 0 aromatic rings. The van der Waals surface area contributed by atoms with E-state index in [1.807, 2.05) is 0 Å². The third kappa shape index (κ3) is 37.2. The highest BCUT2D eigenvalue weighted by molar-refractivity contribution is 7.46. The van der Waals surface area contributed by atoms with E-state index in [-0.39, 0.29) is 19.4 Å². The zero-order valence-electron chi connectivity index (χ0n) is 30.2. The van der Waals surface area contributed by atoms with Crippen LogP contribution in [0.15, 0.2) is 24.3 Å². The molecule has 0 aliphatic rings. The van der Waals surface area contributed by atoms with Gasteiger partial charge in [0, 0.05) is 12.8 Å². The van der Waals surface area contributed by atoms with Gasteiger partial charge >= 0.3 is 19.8 Å². The number of carbonyl (C=O) groups is 2. The molecule has 0 aromatic carbocycles. The van der Waals surface area contributed by atoms with Crippen molar-refractivity contribution < 1.29 is 37.9 Å². The number of hydrogen-bond acceptors (Lipinski definition) is 6. The summed E-state index contributed by atoms with van der Waals surface area (Å²) in [4.78, 5) is 42.7. The normalized spacial score (nSPS) is 12.7. The number of phosphoric acid groups is 1. The van der Waals surface area contributed by atoms with E-state index in [4.69, 9.17) is 19.3 Å². The van der Waals surface area contributed by atoms with Crippen molar-refractivity contribution in [2.24, 2.45) is 0 Å². The van der Waals surface area contributed by atoms with Gasteiger partial charge in [0.25, 0.3) is 0 Å². The minimum Gasteiger partial charge on any atom is -0.462 e. The number of phosphoric ester groups is 1. The Labute approximate surface area is 288 Å². The summed E-state index contributed by atoms with van der Waals surface area (Å²) in [5, 5.41) is 0. The van der Waals surface area contributed by atoms with Crippen molar-refractivity contribution in [3.05, 3.63) is 24.3 Å². The first-order valence-electron chi connectivity index (χ1n) is 19.1. The number of hydrogen-bond donors (Lipinski definition) is 2. The molecular formula is C38H71O8P. The molecule has 0 rings (SSSR count). The number of carbonyl (C=O) groups excluding carboxylic acids is 2. The average molecular weight is 687 g/mol. The van der Waals surface area contributed by atoms with Crippen LogP contribution in [0.2, 0.25) is 0 Å². The highest BCUT2D eigenvalue weighted by atomic mass is 31.2. The smallest absolute Gasteiger partial charge is 0.462 e. The van der Waals surface area contributed by atoms with E-state index in [1.54, 1.807) is 0 Å². The van der Waals surface area contributed by atoms with Crippen molar-refractivity contribution in [1.29, 1.82) is 0 Å². The van der Waals surface area contributed by atoms with Crippen LogP contribution in [0.4, 0.5) is 0 Å². The molecule has 0 amide bonds. The molecule has 47 heavy (non-hydrogen) atoms. The van der Waals surface area contributed by atoms with Gasteiger partial charge in [-0.15, -0.1) is 0 Å². The van der Waals surface area contributed by atoms with Gasteiger partial charge in [-0.2, -0.15) is 0 Å². The summed E-state index contributed by atoms with van der Waals surface area (Å²) >= 11 is 0. The molecule has 276 valence electrons. The lowest BCUT2D eigenvalue weighted by atomic mass is 10.0. The van der Waals surface area contributed by atoms with Gasteiger partial charge in [-0.05, 0) is 38.5 Å². The Morgan fingerprint density at radius 2 is 0.979 bits per heavy atom. The number of esters is 2. The first kappa shape index (κ1) is 45.5. The van der Waals surface area contributed by atoms with Crippen LogP contribution < -0.4 is 0 Å². The lowest BCUT2D eigenvalue weighted by Gasteiger charge is -2.18.